The van der Waals surface area contributed by atoms with Gasteiger partial charge >= 0.3 is 0 Å². The van der Waals surface area contributed by atoms with Crippen LogP contribution in [0, 0.1) is 5.92 Å². The zero-order chi connectivity index (χ0) is 19.4. The van der Waals surface area contributed by atoms with E-state index in [0.717, 1.165) is 50.9 Å². The minimum atomic E-state index is -0.419. The van der Waals surface area contributed by atoms with Crippen LogP contribution in [0.15, 0.2) is 42.6 Å². The largest absolute Gasteiger partial charge is 0.387 e. The number of ether oxygens (including phenoxy) is 1. The highest BCUT2D eigenvalue weighted by atomic mass is 16.5. The van der Waals surface area contributed by atoms with Gasteiger partial charge in [0, 0.05) is 24.8 Å². The van der Waals surface area contributed by atoms with Crippen LogP contribution < -0.4 is 0 Å². The quantitative estimate of drug-likeness (QED) is 0.784. The summed E-state index contributed by atoms with van der Waals surface area (Å²) in [6, 6.07) is 14.2. The normalized spacial score (nSPS) is 36.0. The lowest BCUT2D eigenvalue weighted by Crippen LogP contribution is -2.51. The minimum absolute atomic E-state index is 0.0535. The van der Waals surface area contributed by atoms with Crippen LogP contribution in [0.1, 0.15) is 67.0 Å². The lowest BCUT2D eigenvalue weighted by atomic mass is 9.79. The van der Waals surface area contributed by atoms with Gasteiger partial charge in [-0.3, -0.25) is 9.88 Å². The molecule has 1 aromatic heterocycles. The third-order valence-electron chi connectivity index (χ3n) is 8.00. The van der Waals surface area contributed by atoms with Gasteiger partial charge in [-0.25, -0.2) is 0 Å². The first-order valence-corrected chi connectivity index (χ1v) is 11.3. The molecule has 1 spiro atoms. The van der Waals surface area contributed by atoms with E-state index in [0.29, 0.717) is 18.0 Å². The van der Waals surface area contributed by atoms with Crippen molar-refractivity contribution in [3.63, 3.8) is 0 Å². The summed E-state index contributed by atoms with van der Waals surface area (Å²) in [6.07, 6.45) is 9.23. The number of benzene rings is 1. The number of pyridine rings is 1. The van der Waals surface area contributed by atoms with Crippen molar-refractivity contribution in [3.05, 3.63) is 65.0 Å². The Kier molecular flexibility index (Phi) is 4.30. The molecular weight excluding hydrogens is 360 g/mol. The number of hydrogen-bond acceptors (Lipinski definition) is 4. The van der Waals surface area contributed by atoms with Gasteiger partial charge in [0.25, 0.3) is 0 Å². The van der Waals surface area contributed by atoms with Crippen LogP contribution in [0.4, 0.5) is 0 Å². The molecule has 2 saturated heterocycles. The number of fused-ring (bicyclic) bond motifs is 5. The fourth-order valence-electron chi connectivity index (χ4n) is 6.65. The summed E-state index contributed by atoms with van der Waals surface area (Å²) in [5, 5.41) is 10.8. The predicted molar refractivity (Wildman–Crippen MR) is 111 cm³/mol. The van der Waals surface area contributed by atoms with Crippen molar-refractivity contribution in [1.29, 1.82) is 0 Å². The van der Waals surface area contributed by atoms with Crippen LogP contribution >= 0.6 is 0 Å². The second-order valence-electron chi connectivity index (χ2n) is 9.63. The molecule has 3 aliphatic heterocycles. The number of aromatic nitrogens is 1. The topological polar surface area (TPSA) is 45.6 Å². The summed E-state index contributed by atoms with van der Waals surface area (Å²) < 4.78 is 6.48. The van der Waals surface area contributed by atoms with Crippen LogP contribution in [0.25, 0.3) is 0 Å². The molecule has 1 aromatic carbocycles. The summed E-state index contributed by atoms with van der Waals surface area (Å²) in [4.78, 5) is 7.25. The molecule has 4 heteroatoms. The van der Waals surface area contributed by atoms with E-state index in [1.807, 2.05) is 12.3 Å². The Morgan fingerprint density at radius 2 is 1.83 bits per heavy atom. The molecule has 6 rings (SSSR count). The number of rotatable bonds is 2. The molecule has 4 nitrogen and oxygen atoms in total. The van der Waals surface area contributed by atoms with Gasteiger partial charge in [-0.1, -0.05) is 30.3 Å². The smallest absolute Gasteiger partial charge is 0.0969 e. The highest BCUT2D eigenvalue weighted by molar-refractivity contribution is 5.37. The molecule has 4 aliphatic rings. The molecule has 1 aliphatic carbocycles. The zero-order valence-corrected chi connectivity index (χ0v) is 17.0. The zero-order valence-electron chi connectivity index (χ0n) is 17.0. The van der Waals surface area contributed by atoms with Crippen LogP contribution in [0.5, 0.6) is 0 Å². The molecule has 0 saturated carbocycles. The van der Waals surface area contributed by atoms with Gasteiger partial charge in [-0.2, -0.15) is 0 Å². The van der Waals surface area contributed by atoms with Crippen LogP contribution in [-0.4, -0.2) is 33.6 Å². The Hall–Kier alpha value is -1.75. The van der Waals surface area contributed by atoms with Gasteiger partial charge in [0.05, 0.1) is 24.0 Å². The predicted octanol–water partition coefficient (Wildman–Crippen LogP) is 4.12. The summed E-state index contributed by atoms with van der Waals surface area (Å²) >= 11 is 0. The summed E-state index contributed by atoms with van der Waals surface area (Å²) in [5.41, 5.74) is 4.92. The lowest BCUT2D eigenvalue weighted by Gasteiger charge is -2.45. The van der Waals surface area contributed by atoms with Crippen LogP contribution in [0.3, 0.4) is 0 Å². The first-order chi connectivity index (χ1) is 14.2. The molecule has 1 unspecified atom stereocenters. The van der Waals surface area contributed by atoms with Gasteiger partial charge in [0.15, 0.2) is 0 Å². The second-order valence-corrected chi connectivity index (χ2v) is 9.63. The molecule has 0 amide bonds. The molecule has 29 heavy (non-hydrogen) atoms. The number of hydrogen-bond donors (Lipinski definition) is 1. The number of nitrogens with zero attached hydrogens (tertiary/aromatic N) is 2. The fraction of sp³-hybridized carbons (Fsp3) is 0.560. The van der Waals surface area contributed by atoms with E-state index >= 15 is 0 Å². The molecule has 1 N–H and O–H groups in total. The molecule has 2 bridgehead atoms. The molecular formula is C25H30N2O2. The lowest BCUT2D eigenvalue weighted by molar-refractivity contribution is -0.103. The van der Waals surface area contributed by atoms with Crippen molar-refractivity contribution in [2.24, 2.45) is 5.92 Å². The van der Waals surface area contributed by atoms with Crippen molar-refractivity contribution in [2.45, 2.75) is 75.3 Å². The first-order valence-electron chi connectivity index (χ1n) is 11.3. The van der Waals surface area contributed by atoms with Crippen molar-refractivity contribution >= 4 is 0 Å². The highest BCUT2D eigenvalue weighted by Gasteiger charge is 2.52. The van der Waals surface area contributed by atoms with E-state index in [4.69, 9.17) is 4.74 Å². The second kappa shape index (κ2) is 6.90. The Bertz CT molecular complexity index is 899. The third-order valence-corrected chi connectivity index (χ3v) is 8.00. The third kappa shape index (κ3) is 2.96. The molecule has 152 valence electrons. The number of piperidine rings is 1. The van der Waals surface area contributed by atoms with Crippen LogP contribution in [-0.2, 0) is 23.4 Å². The number of aliphatic hydroxyl groups excluding tert-OH is 1. The molecule has 4 heterocycles. The van der Waals surface area contributed by atoms with Crippen molar-refractivity contribution in [2.75, 3.05) is 6.54 Å². The fourth-order valence-corrected chi connectivity index (χ4v) is 6.65. The average Bonchev–Trinajstić information content (AvgIpc) is 3.13. The van der Waals surface area contributed by atoms with Crippen LogP contribution in [0.2, 0.25) is 0 Å². The molecule has 2 fully saturated rings. The highest BCUT2D eigenvalue weighted by Crippen LogP contribution is 2.52. The molecule has 5 atom stereocenters. The van der Waals surface area contributed by atoms with Crippen molar-refractivity contribution in [3.8, 4) is 0 Å². The van der Waals surface area contributed by atoms with E-state index in [1.54, 1.807) is 0 Å². The van der Waals surface area contributed by atoms with Crippen molar-refractivity contribution in [1.82, 2.24) is 9.88 Å². The van der Waals surface area contributed by atoms with Gasteiger partial charge in [-0.15, -0.1) is 0 Å². The van der Waals surface area contributed by atoms with Gasteiger partial charge in [0.2, 0.25) is 0 Å². The Balaban J connectivity index is 1.19. The summed E-state index contributed by atoms with van der Waals surface area (Å²) in [7, 11) is 0. The maximum atomic E-state index is 10.8. The van der Waals surface area contributed by atoms with E-state index < -0.39 is 6.10 Å². The maximum Gasteiger partial charge on any atom is 0.0969 e. The van der Waals surface area contributed by atoms with E-state index in [2.05, 4.69) is 40.2 Å². The number of aryl methyl sites for hydroxylation is 1. The number of aliphatic hydroxyl groups is 1. The first kappa shape index (κ1) is 18.1. The van der Waals surface area contributed by atoms with Gasteiger partial charge in [0.1, 0.15) is 0 Å². The Morgan fingerprint density at radius 3 is 2.69 bits per heavy atom. The van der Waals surface area contributed by atoms with Crippen molar-refractivity contribution < 1.29 is 9.84 Å². The van der Waals surface area contributed by atoms with E-state index in [9.17, 15) is 5.11 Å². The SMILES string of the molecule is O[C@H]1C[C@H](CN2[C@@H]3CC[C@H]2CC2(C3)OCc3ccccc32)CCc2cccnc21. The maximum absolute atomic E-state index is 10.8. The standard InChI is InChI=1S/C25H30N2O2/c28-23-12-17(7-8-18-5-3-11-26-24(18)23)15-27-20-9-10-21(27)14-25(13-20)22-6-2-1-4-19(22)16-29-25/h1-6,11,17,20-21,23,28H,7-10,12-16H2/t17-,20-,21+,23+,25?/m1/s1. The van der Waals surface area contributed by atoms with E-state index in [1.165, 1.54) is 29.5 Å². The monoisotopic (exact) mass is 390 g/mol. The summed E-state index contributed by atoms with van der Waals surface area (Å²) in [5.74, 6) is 0.535. The Morgan fingerprint density at radius 1 is 1.03 bits per heavy atom. The molecule has 2 aromatic rings. The van der Waals surface area contributed by atoms with E-state index in [-0.39, 0.29) is 5.60 Å². The summed E-state index contributed by atoms with van der Waals surface area (Å²) in [6.45, 7) is 1.88. The van der Waals surface area contributed by atoms with Gasteiger partial charge < -0.3 is 9.84 Å². The Labute approximate surface area is 172 Å². The average molecular weight is 391 g/mol. The minimum Gasteiger partial charge on any atom is -0.387 e. The van der Waals surface area contributed by atoms with Gasteiger partial charge in [-0.05, 0) is 73.6 Å². The molecule has 0 radical (unpaired) electrons.